The smallest absolute Gasteiger partial charge is 0.216 e. The van der Waals surface area contributed by atoms with Gasteiger partial charge in [0.15, 0.2) is 0 Å². The topological polar surface area (TPSA) is 31.4 Å². The Bertz CT molecular complexity index is 312. The molecular weight excluding hydrogens is 234 g/mol. The van der Waals surface area contributed by atoms with Crippen LogP contribution in [0, 0.1) is 0 Å². The van der Waals surface area contributed by atoms with Crippen molar-refractivity contribution in [3.05, 3.63) is 16.7 Å². The summed E-state index contributed by atoms with van der Waals surface area (Å²) in [7, 11) is 1.59. The van der Waals surface area contributed by atoms with Crippen LogP contribution in [0.1, 0.15) is 12.8 Å². The molecule has 0 unspecified atom stereocenters. The third-order valence-electron chi connectivity index (χ3n) is 1.82. The Morgan fingerprint density at radius 2 is 2.31 bits per heavy atom. The first-order valence-electron chi connectivity index (χ1n) is 4.16. The van der Waals surface area contributed by atoms with Gasteiger partial charge < -0.3 is 9.47 Å². The summed E-state index contributed by atoms with van der Waals surface area (Å²) in [6.07, 6.45) is 4.38. The maximum absolute atomic E-state index is 5.63. The van der Waals surface area contributed by atoms with E-state index in [0.29, 0.717) is 12.0 Å². The maximum atomic E-state index is 5.63. The Balaban J connectivity index is 2.19. The highest BCUT2D eigenvalue weighted by Crippen LogP contribution is 2.33. The molecule has 1 fully saturated rings. The predicted molar refractivity (Wildman–Crippen MR) is 52.1 cm³/mol. The predicted octanol–water partition coefficient (Wildman–Crippen LogP) is 2.39. The Hall–Kier alpha value is -0.770. The van der Waals surface area contributed by atoms with E-state index >= 15 is 0 Å². The molecule has 70 valence electrons. The summed E-state index contributed by atoms with van der Waals surface area (Å²) in [6.45, 7) is 0. The van der Waals surface area contributed by atoms with Crippen LogP contribution in [0.25, 0.3) is 0 Å². The zero-order valence-corrected chi connectivity index (χ0v) is 8.87. The van der Waals surface area contributed by atoms with Crippen LogP contribution < -0.4 is 9.47 Å². The number of ether oxygens (including phenoxy) is 2. The summed E-state index contributed by atoms with van der Waals surface area (Å²) in [5.41, 5.74) is 0. The molecule has 0 aliphatic heterocycles. The average molecular weight is 244 g/mol. The Morgan fingerprint density at radius 1 is 1.54 bits per heavy atom. The van der Waals surface area contributed by atoms with Crippen LogP contribution in [-0.2, 0) is 0 Å². The summed E-state index contributed by atoms with van der Waals surface area (Å²) in [6, 6.07) is 1.79. The monoisotopic (exact) mass is 243 g/mol. The fraction of sp³-hybridized carbons (Fsp3) is 0.444. The summed E-state index contributed by atoms with van der Waals surface area (Å²) in [4.78, 5) is 4.04. The van der Waals surface area contributed by atoms with Crippen LogP contribution in [0.15, 0.2) is 16.7 Å². The third-order valence-corrected chi connectivity index (χ3v) is 2.42. The molecule has 0 atom stereocenters. The lowest BCUT2D eigenvalue weighted by Gasteiger charge is -2.07. The fourth-order valence-corrected chi connectivity index (χ4v) is 1.28. The SMILES string of the molecule is COc1cc(OC2CC2)c(Br)cn1. The van der Waals surface area contributed by atoms with Crippen LogP contribution in [-0.4, -0.2) is 18.2 Å². The van der Waals surface area contributed by atoms with E-state index in [-0.39, 0.29) is 0 Å². The van der Waals surface area contributed by atoms with Crippen molar-refractivity contribution in [3.63, 3.8) is 0 Å². The van der Waals surface area contributed by atoms with E-state index in [1.54, 1.807) is 19.4 Å². The van der Waals surface area contributed by atoms with E-state index in [1.165, 1.54) is 0 Å². The maximum Gasteiger partial charge on any atom is 0.216 e. The minimum absolute atomic E-state index is 0.392. The molecule has 0 aromatic carbocycles. The minimum atomic E-state index is 0.392. The summed E-state index contributed by atoms with van der Waals surface area (Å²) < 4.78 is 11.5. The number of hydrogen-bond donors (Lipinski definition) is 0. The van der Waals surface area contributed by atoms with Crippen molar-refractivity contribution in [1.29, 1.82) is 0 Å². The Labute approximate surface area is 85.2 Å². The molecule has 0 radical (unpaired) electrons. The van der Waals surface area contributed by atoms with Gasteiger partial charge in [-0.2, -0.15) is 0 Å². The van der Waals surface area contributed by atoms with E-state index in [0.717, 1.165) is 23.1 Å². The van der Waals surface area contributed by atoms with Gasteiger partial charge in [0.1, 0.15) is 5.75 Å². The summed E-state index contributed by atoms with van der Waals surface area (Å²) in [5.74, 6) is 1.40. The van der Waals surface area contributed by atoms with Crippen molar-refractivity contribution in [1.82, 2.24) is 4.98 Å². The molecule has 1 aliphatic rings. The zero-order valence-electron chi connectivity index (χ0n) is 7.29. The number of nitrogens with zero attached hydrogens (tertiary/aromatic N) is 1. The second-order valence-corrected chi connectivity index (χ2v) is 3.83. The van der Waals surface area contributed by atoms with Crippen molar-refractivity contribution >= 4 is 15.9 Å². The van der Waals surface area contributed by atoms with Gasteiger partial charge in [0.2, 0.25) is 5.88 Å². The first-order valence-corrected chi connectivity index (χ1v) is 4.95. The van der Waals surface area contributed by atoms with Crippen LogP contribution in [0.5, 0.6) is 11.6 Å². The van der Waals surface area contributed by atoms with E-state index < -0.39 is 0 Å². The van der Waals surface area contributed by atoms with Crippen molar-refractivity contribution in [2.75, 3.05) is 7.11 Å². The average Bonchev–Trinajstić information content (AvgIpc) is 2.93. The first-order chi connectivity index (χ1) is 6.29. The molecule has 1 aliphatic carbocycles. The van der Waals surface area contributed by atoms with Gasteiger partial charge >= 0.3 is 0 Å². The highest BCUT2D eigenvalue weighted by Gasteiger charge is 2.24. The van der Waals surface area contributed by atoms with Crippen molar-refractivity contribution in [2.24, 2.45) is 0 Å². The number of methoxy groups -OCH3 is 1. The molecule has 0 bridgehead atoms. The van der Waals surface area contributed by atoms with Crippen LogP contribution in [0.4, 0.5) is 0 Å². The third kappa shape index (κ3) is 2.12. The van der Waals surface area contributed by atoms with E-state index in [4.69, 9.17) is 9.47 Å². The molecule has 2 rings (SSSR count). The Morgan fingerprint density at radius 3 is 2.92 bits per heavy atom. The van der Waals surface area contributed by atoms with E-state index in [2.05, 4.69) is 20.9 Å². The van der Waals surface area contributed by atoms with Gasteiger partial charge in [-0.05, 0) is 28.8 Å². The molecule has 0 saturated heterocycles. The number of halogens is 1. The van der Waals surface area contributed by atoms with Gasteiger partial charge in [-0.15, -0.1) is 0 Å². The Kier molecular flexibility index (Phi) is 2.40. The molecule has 1 aromatic rings. The highest BCUT2D eigenvalue weighted by atomic mass is 79.9. The number of rotatable bonds is 3. The molecule has 1 aromatic heterocycles. The molecule has 0 spiro atoms. The lowest BCUT2D eigenvalue weighted by atomic mass is 10.4. The molecule has 0 amide bonds. The van der Waals surface area contributed by atoms with Gasteiger partial charge in [0.05, 0.1) is 17.7 Å². The lowest BCUT2D eigenvalue weighted by Crippen LogP contribution is -1.98. The minimum Gasteiger partial charge on any atom is -0.489 e. The van der Waals surface area contributed by atoms with Gasteiger partial charge in [-0.1, -0.05) is 0 Å². The normalized spacial score (nSPS) is 15.5. The summed E-state index contributed by atoms with van der Waals surface area (Å²) >= 11 is 3.37. The zero-order chi connectivity index (χ0) is 9.26. The lowest BCUT2D eigenvalue weighted by molar-refractivity contribution is 0.297. The highest BCUT2D eigenvalue weighted by molar-refractivity contribution is 9.10. The molecule has 1 heterocycles. The van der Waals surface area contributed by atoms with Crippen LogP contribution in [0.3, 0.4) is 0 Å². The van der Waals surface area contributed by atoms with Crippen LogP contribution in [0.2, 0.25) is 0 Å². The number of hydrogen-bond acceptors (Lipinski definition) is 3. The molecule has 0 N–H and O–H groups in total. The largest absolute Gasteiger partial charge is 0.489 e. The number of aromatic nitrogens is 1. The second-order valence-electron chi connectivity index (χ2n) is 2.97. The molecule has 13 heavy (non-hydrogen) atoms. The second kappa shape index (κ2) is 3.54. The summed E-state index contributed by atoms with van der Waals surface area (Å²) in [5, 5.41) is 0. The van der Waals surface area contributed by atoms with Crippen molar-refractivity contribution in [3.8, 4) is 11.6 Å². The molecule has 3 nitrogen and oxygen atoms in total. The van der Waals surface area contributed by atoms with E-state index in [9.17, 15) is 0 Å². The number of pyridine rings is 1. The van der Waals surface area contributed by atoms with Gasteiger partial charge in [-0.3, -0.25) is 0 Å². The van der Waals surface area contributed by atoms with Gasteiger partial charge in [0, 0.05) is 12.3 Å². The van der Waals surface area contributed by atoms with Crippen molar-refractivity contribution < 1.29 is 9.47 Å². The standard InChI is InChI=1S/C9H10BrNO2/c1-12-9-4-8(7(10)5-11-9)13-6-2-3-6/h4-6H,2-3H2,1H3. The quantitative estimate of drug-likeness (QED) is 0.818. The van der Waals surface area contributed by atoms with Crippen molar-refractivity contribution in [2.45, 2.75) is 18.9 Å². The molecular formula is C9H10BrNO2. The fourth-order valence-electron chi connectivity index (χ4n) is 0.970. The molecule has 4 heteroatoms. The van der Waals surface area contributed by atoms with Gasteiger partial charge in [0.25, 0.3) is 0 Å². The van der Waals surface area contributed by atoms with Gasteiger partial charge in [-0.25, -0.2) is 4.98 Å². The first kappa shape index (κ1) is 8.81. The van der Waals surface area contributed by atoms with E-state index in [1.807, 2.05) is 0 Å². The van der Waals surface area contributed by atoms with Crippen LogP contribution >= 0.6 is 15.9 Å². The molecule has 1 saturated carbocycles.